The molecule has 0 fully saturated rings. The Morgan fingerprint density at radius 2 is 2.19 bits per heavy atom. The summed E-state index contributed by atoms with van der Waals surface area (Å²) in [6.07, 6.45) is 0.717. The van der Waals surface area contributed by atoms with Crippen LogP contribution in [0.15, 0.2) is 39.4 Å². The number of halogens is 1. The summed E-state index contributed by atoms with van der Waals surface area (Å²) in [7, 11) is 1.56. The summed E-state index contributed by atoms with van der Waals surface area (Å²) in [4.78, 5) is 10.4. The Kier molecular flexibility index (Phi) is 5.35. The molecule has 21 heavy (non-hydrogen) atoms. The maximum Gasteiger partial charge on any atom is 0.269 e. The molecular formula is C14H15BrN2O4. The second-order valence-corrected chi connectivity index (χ2v) is 5.20. The molecule has 2 rings (SSSR count). The molecule has 0 atom stereocenters. The summed E-state index contributed by atoms with van der Waals surface area (Å²) in [5.74, 6) is 0.865. The van der Waals surface area contributed by atoms with E-state index in [9.17, 15) is 10.1 Å². The van der Waals surface area contributed by atoms with E-state index in [4.69, 9.17) is 9.15 Å². The lowest BCUT2D eigenvalue weighted by atomic mass is 10.1. The van der Waals surface area contributed by atoms with Crippen LogP contribution in [0.2, 0.25) is 0 Å². The fourth-order valence-electron chi connectivity index (χ4n) is 1.95. The second kappa shape index (κ2) is 7.24. The standard InChI is InChI=1S/C14H15BrN2O4/c1-20-9-10-8-11(17(18)19)2-4-13(10)16-7-6-12-3-5-14(15)21-12/h2-5,8,16H,6-7,9H2,1H3. The quantitative estimate of drug-likeness (QED) is 0.605. The number of ether oxygens (including phenoxy) is 1. The lowest BCUT2D eigenvalue weighted by molar-refractivity contribution is -0.384. The van der Waals surface area contributed by atoms with Crippen molar-refractivity contribution in [1.29, 1.82) is 0 Å². The van der Waals surface area contributed by atoms with Crippen LogP contribution in [0.3, 0.4) is 0 Å². The van der Waals surface area contributed by atoms with Crippen LogP contribution >= 0.6 is 15.9 Å². The van der Waals surface area contributed by atoms with Crippen molar-refractivity contribution in [3.05, 3.63) is 56.4 Å². The summed E-state index contributed by atoms with van der Waals surface area (Å²) in [5.41, 5.74) is 1.64. The lowest BCUT2D eigenvalue weighted by Gasteiger charge is -2.11. The van der Waals surface area contributed by atoms with Gasteiger partial charge in [-0.15, -0.1) is 0 Å². The van der Waals surface area contributed by atoms with Crippen LogP contribution in [0.4, 0.5) is 11.4 Å². The maximum atomic E-state index is 10.8. The van der Waals surface area contributed by atoms with Gasteiger partial charge in [-0.05, 0) is 34.1 Å². The van der Waals surface area contributed by atoms with Crippen molar-refractivity contribution in [2.75, 3.05) is 19.0 Å². The average Bonchev–Trinajstić information content (AvgIpc) is 2.86. The van der Waals surface area contributed by atoms with Crippen LogP contribution in [-0.2, 0) is 17.8 Å². The van der Waals surface area contributed by atoms with Gasteiger partial charge in [0, 0.05) is 43.5 Å². The Balaban J connectivity index is 2.02. The summed E-state index contributed by atoms with van der Waals surface area (Å²) in [5, 5.41) is 14.0. The van der Waals surface area contributed by atoms with Crippen molar-refractivity contribution in [3.8, 4) is 0 Å². The molecule has 7 heteroatoms. The molecule has 6 nitrogen and oxygen atoms in total. The monoisotopic (exact) mass is 354 g/mol. The van der Waals surface area contributed by atoms with Crippen LogP contribution in [0.5, 0.6) is 0 Å². The van der Waals surface area contributed by atoms with Gasteiger partial charge in [0.2, 0.25) is 0 Å². The molecule has 0 saturated carbocycles. The molecule has 0 unspecified atom stereocenters. The number of non-ortho nitro benzene ring substituents is 1. The third-order valence-electron chi connectivity index (χ3n) is 2.92. The number of nitrogens with one attached hydrogen (secondary N) is 1. The third-order valence-corrected chi connectivity index (χ3v) is 3.34. The molecule has 1 N–H and O–H groups in total. The van der Waals surface area contributed by atoms with Crippen LogP contribution < -0.4 is 5.32 Å². The van der Waals surface area contributed by atoms with Crippen LogP contribution in [-0.4, -0.2) is 18.6 Å². The highest BCUT2D eigenvalue weighted by molar-refractivity contribution is 9.10. The highest BCUT2D eigenvalue weighted by Gasteiger charge is 2.10. The molecule has 0 aliphatic heterocycles. The molecule has 112 valence electrons. The fraction of sp³-hybridized carbons (Fsp3) is 0.286. The van der Waals surface area contributed by atoms with Gasteiger partial charge in [0.25, 0.3) is 5.69 Å². The van der Waals surface area contributed by atoms with Gasteiger partial charge in [-0.25, -0.2) is 0 Å². The van der Waals surface area contributed by atoms with Crippen LogP contribution in [0, 0.1) is 10.1 Å². The summed E-state index contributed by atoms with van der Waals surface area (Å²) >= 11 is 3.26. The van der Waals surface area contributed by atoms with E-state index in [2.05, 4.69) is 21.2 Å². The largest absolute Gasteiger partial charge is 0.454 e. The van der Waals surface area contributed by atoms with Gasteiger partial charge in [0.05, 0.1) is 11.5 Å². The predicted octanol–water partition coefficient (Wildman–Crippen LogP) is 3.75. The van der Waals surface area contributed by atoms with E-state index in [1.807, 2.05) is 12.1 Å². The Bertz CT molecular complexity index is 627. The number of rotatable bonds is 7. The van der Waals surface area contributed by atoms with Gasteiger partial charge >= 0.3 is 0 Å². The zero-order valence-corrected chi connectivity index (χ0v) is 13.1. The lowest BCUT2D eigenvalue weighted by Crippen LogP contribution is -2.07. The molecular weight excluding hydrogens is 340 g/mol. The molecule has 1 aromatic carbocycles. The van der Waals surface area contributed by atoms with E-state index >= 15 is 0 Å². The predicted molar refractivity (Wildman–Crippen MR) is 82.4 cm³/mol. The van der Waals surface area contributed by atoms with Gasteiger partial charge in [-0.2, -0.15) is 0 Å². The van der Waals surface area contributed by atoms with Crippen molar-refractivity contribution < 1.29 is 14.1 Å². The molecule has 0 aliphatic rings. The number of nitro benzene ring substituents is 1. The zero-order valence-electron chi connectivity index (χ0n) is 11.5. The summed E-state index contributed by atoms with van der Waals surface area (Å²) in [6.45, 7) is 0.977. The smallest absolute Gasteiger partial charge is 0.269 e. The highest BCUT2D eigenvalue weighted by atomic mass is 79.9. The molecule has 0 saturated heterocycles. The first kappa shape index (κ1) is 15.5. The average molecular weight is 355 g/mol. The van der Waals surface area contributed by atoms with E-state index in [1.165, 1.54) is 12.1 Å². The molecule has 2 aromatic rings. The van der Waals surface area contributed by atoms with Gasteiger partial charge in [-0.1, -0.05) is 0 Å². The fourth-order valence-corrected chi connectivity index (χ4v) is 2.29. The zero-order chi connectivity index (χ0) is 15.2. The second-order valence-electron chi connectivity index (χ2n) is 4.41. The Hall–Kier alpha value is -1.86. The number of methoxy groups -OCH3 is 1. The van der Waals surface area contributed by atoms with E-state index in [1.54, 1.807) is 13.2 Å². The summed E-state index contributed by atoms with van der Waals surface area (Å²) in [6, 6.07) is 8.44. The molecule has 0 bridgehead atoms. The molecule has 1 aromatic heterocycles. The Morgan fingerprint density at radius 1 is 1.38 bits per heavy atom. The molecule has 0 aliphatic carbocycles. The topological polar surface area (TPSA) is 77.5 Å². The van der Waals surface area contributed by atoms with Crippen molar-refractivity contribution in [2.45, 2.75) is 13.0 Å². The highest BCUT2D eigenvalue weighted by Crippen LogP contribution is 2.23. The van der Waals surface area contributed by atoms with E-state index < -0.39 is 4.92 Å². The molecule has 0 spiro atoms. The Labute approximate surface area is 130 Å². The van der Waals surface area contributed by atoms with Gasteiger partial charge in [-0.3, -0.25) is 10.1 Å². The maximum absolute atomic E-state index is 10.8. The number of nitrogens with zero attached hydrogens (tertiary/aromatic N) is 1. The minimum absolute atomic E-state index is 0.0579. The number of benzene rings is 1. The van der Waals surface area contributed by atoms with Crippen LogP contribution in [0.1, 0.15) is 11.3 Å². The first-order valence-corrected chi connectivity index (χ1v) is 7.14. The van der Waals surface area contributed by atoms with Gasteiger partial charge in [0.15, 0.2) is 4.67 Å². The molecule has 0 amide bonds. The minimum atomic E-state index is -0.413. The summed E-state index contributed by atoms with van der Waals surface area (Å²) < 4.78 is 11.2. The SMILES string of the molecule is COCc1cc([N+](=O)[O-])ccc1NCCc1ccc(Br)o1. The van der Waals surface area contributed by atoms with E-state index in [0.717, 1.165) is 23.4 Å². The first-order chi connectivity index (χ1) is 10.1. The number of furan rings is 1. The number of hydrogen-bond acceptors (Lipinski definition) is 5. The normalized spacial score (nSPS) is 10.6. The van der Waals surface area contributed by atoms with Crippen molar-refractivity contribution in [1.82, 2.24) is 0 Å². The van der Waals surface area contributed by atoms with Crippen molar-refractivity contribution in [3.63, 3.8) is 0 Å². The van der Waals surface area contributed by atoms with Gasteiger partial charge < -0.3 is 14.5 Å². The number of hydrogen-bond donors (Lipinski definition) is 1. The Morgan fingerprint density at radius 3 is 2.81 bits per heavy atom. The van der Waals surface area contributed by atoms with Crippen LogP contribution in [0.25, 0.3) is 0 Å². The van der Waals surface area contributed by atoms with E-state index in [-0.39, 0.29) is 5.69 Å². The van der Waals surface area contributed by atoms with Gasteiger partial charge in [0.1, 0.15) is 5.76 Å². The van der Waals surface area contributed by atoms with E-state index in [0.29, 0.717) is 17.8 Å². The van der Waals surface area contributed by atoms with Crippen molar-refractivity contribution in [2.24, 2.45) is 0 Å². The molecule has 1 heterocycles. The third kappa shape index (κ3) is 4.30. The minimum Gasteiger partial charge on any atom is -0.454 e. The first-order valence-electron chi connectivity index (χ1n) is 6.34. The molecule has 0 radical (unpaired) electrons. The number of nitro groups is 1. The van der Waals surface area contributed by atoms with Crippen molar-refractivity contribution >= 4 is 27.3 Å². The number of anilines is 1.